The highest BCUT2D eigenvalue weighted by atomic mass is 16.5. The van der Waals surface area contributed by atoms with Crippen molar-refractivity contribution in [3.05, 3.63) is 18.2 Å². The van der Waals surface area contributed by atoms with E-state index in [1.54, 1.807) is 18.2 Å². The molecule has 0 radical (unpaired) electrons. The Balaban J connectivity index is 2.61. The minimum atomic E-state index is -0.314. The number of methoxy groups -OCH3 is 2. The number of pyridine rings is 1. The third kappa shape index (κ3) is 4.89. The van der Waals surface area contributed by atoms with E-state index in [9.17, 15) is 9.59 Å². The van der Waals surface area contributed by atoms with Gasteiger partial charge in [-0.05, 0) is 12.1 Å². The number of ether oxygens (including phenoxy) is 2. The van der Waals surface area contributed by atoms with Gasteiger partial charge in [-0.2, -0.15) is 0 Å². The first-order chi connectivity index (χ1) is 8.65. The number of aromatic nitrogens is 1. The molecule has 0 aliphatic rings. The molecule has 0 aromatic carbocycles. The molecule has 1 rings (SSSR count). The summed E-state index contributed by atoms with van der Waals surface area (Å²) in [5.74, 6) is 0.0512. The Morgan fingerprint density at radius 3 is 1.89 bits per heavy atom. The monoisotopic (exact) mass is 253 g/mol. The zero-order chi connectivity index (χ0) is 13.4. The van der Waals surface area contributed by atoms with Gasteiger partial charge < -0.3 is 20.1 Å². The number of amides is 2. The van der Waals surface area contributed by atoms with E-state index in [4.69, 9.17) is 0 Å². The zero-order valence-electron chi connectivity index (χ0n) is 10.2. The Labute approximate surface area is 104 Å². The number of anilines is 2. The first kappa shape index (κ1) is 14.1. The highest BCUT2D eigenvalue weighted by Crippen LogP contribution is 2.08. The quantitative estimate of drug-likeness (QED) is 0.758. The molecule has 98 valence electrons. The van der Waals surface area contributed by atoms with E-state index in [0.29, 0.717) is 11.6 Å². The summed E-state index contributed by atoms with van der Waals surface area (Å²) in [5.41, 5.74) is 0. The SMILES string of the molecule is COCC(=O)Nc1cccc(NC(=O)COC)n1. The molecule has 0 atom stereocenters. The Morgan fingerprint density at radius 2 is 1.50 bits per heavy atom. The number of hydrogen-bond donors (Lipinski definition) is 2. The van der Waals surface area contributed by atoms with Gasteiger partial charge in [-0.25, -0.2) is 4.98 Å². The van der Waals surface area contributed by atoms with Crippen LogP contribution in [0.15, 0.2) is 18.2 Å². The molecule has 1 aromatic heterocycles. The van der Waals surface area contributed by atoms with Crippen molar-refractivity contribution in [3.63, 3.8) is 0 Å². The maximum atomic E-state index is 11.3. The van der Waals surface area contributed by atoms with E-state index in [1.165, 1.54) is 14.2 Å². The van der Waals surface area contributed by atoms with Gasteiger partial charge in [-0.3, -0.25) is 9.59 Å². The van der Waals surface area contributed by atoms with Crippen LogP contribution >= 0.6 is 0 Å². The fourth-order valence-corrected chi connectivity index (χ4v) is 1.19. The Bertz CT molecular complexity index is 387. The van der Waals surface area contributed by atoms with Crippen molar-refractivity contribution < 1.29 is 19.1 Å². The molecule has 1 heterocycles. The van der Waals surface area contributed by atoms with Crippen LogP contribution in [0.25, 0.3) is 0 Å². The van der Waals surface area contributed by atoms with Crippen LogP contribution in [0.3, 0.4) is 0 Å². The van der Waals surface area contributed by atoms with Crippen molar-refractivity contribution in [3.8, 4) is 0 Å². The van der Waals surface area contributed by atoms with E-state index in [0.717, 1.165) is 0 Å². The van der Waals surface area contributed by atoms with E-state index >= 15 is 0 Å². The summed E-state index contributed by atoms with van der Waals surface area (Å²) in [7, 11) is 2.85. The number of carbonyl (C=O) groups is 2. The molecule has 0 aliphatic carbocycles. The number of nitrogens with zero attached hydrogens (tertiary/aromatic N) is 1. The molecule has 0 saturated carbocycles. The Morgan fingerprint density at radius 1 is 1.06 bits per heavy atom. The Hall–Kier alpha value is -1.99. The average Bonchev–Trinajstić information content (AvgIpc) is 2.29. The maximum Gasteiger partial charge on any atom is 0.251 e. The molecule has 0 aliphatic heterocycles. The molecular weight excluding hydrogens is 238 g/mol. The topological polar surface area (TPSA) is 89.6 Å². The average molecular weight is 253 g/mol. The van der Waals surface area contributed by atoms with Gasteiger partial charge in [-0.15, -0.1) is 0 Å². The van der Waals surface area contributed by atoms with Gasteiger partial charge >= 0.3 is 0 Å². The molecule has 1 aromatic rings. The summed E-state index contributed by atoms with van der Waals surface area (Å²) < 4.78 is 9.35. The molecule has 0 bridgehead atoms. The maximum absolute atomic E-state index is 11.3. The van der Waals surface area contributed by atoms with Gasteiger partial charge in [0.25, 0.3) is 11.8 Å². The van der Waals surface area contributed by atoms with E-state index in [2.05, 4.69) is 25.1 Å². The van der Waals surface area contributed by atoms with Crippen LogP contribution in [0, 0.1) is 0 Å². The fraction of sp³-hybridized carbons (Fsp3) is 0.364. The van der Waals surface area contributed by atoms with Gasteiger partial charge in [0.15, 0.2) is 0 Å². The van der Waals surface area contributed by atoms with Crippen LogP contribution in [-0.2, 0) is 19.1 Å². The summed E-state index contributed by atoms with van der Waals surface area (Å²) in [6.07, 6.45) is 0. The molecule has 0 fully saturated rings. The number of hydrogen-bond acceptors (Lipinski definition) is 5. The molecule has 7 heteroatoms. The van der Waals surface area contributed by atoms with Crippen LogP contribution in [0.4, 0.5) is 11.6 Å². The van der Waals surface area contributed by atoms with E-state index in [-0.39, 0.29) is 25.0 Å². The summed E-state index contributed by atoms with van der Waals surface area (Å²) in [5, 5.41) is 5.06. The molecule has 0 spiro atoms. The van der Waals surface area contributed by atoms with Crippen molar-refractivity contribution in [2.75, 3.05) is 38.1 Å². The van der Waals surface area contributed by atoms with E-state index < -0.39 is 0 Å². The van der Waals surface area contributed by atoms with Gasteiger partial charge in [0.05, 0.1) is 0 Å². The first-order valence-electron chi connectivity index (χ1n) is 5.20. The van der Waals surface area contributed by atoms with Crippen LogP contribution < -0.4 is 10.6 Å². The van der Waals surface area contributed by atoms with Gasteiger partial charge in [0.2, 0.25) is 0 Å². The highest BCUT2D eigenvalue weighted by molar-refractivity contribution is 5.92. The minimum absolute atomic E-state index is 0.0536. The number of rotatable bonds is 6. The molecule has 18 heavy (non-hydrogen) atoms. The third-order valence-electron chi connectivity index (χ3n) is 1.83. The molecule has 2 amide bonds. The van der Waals surface area contributed by atoms with Crippen molar-refractivity contribution >= 4 is 23.5 Å². The molecular formula is C11H15N3O4. The van der Waals surface area contributed by atoms with Gasteiger partial charge in [0.1, 0.15) is 24.8 Å². The molecule has 2 N–H and O–H groups in total. The predicted molar refractivity (Wildman–Crippen MR) is 65.2 cm³/mol. The lowest BCUT2D eigenvalue weighted by Crippen LogP contribution is -2.20. The largest absolute Gasteiger partial charge is 0.375 e. The van der Waals surface area contributed by atoms with Crippen molar-refractivity contribution in [1.29, 1.82) is 0 Å². The van der Waals surface area contributed by atoms with Crippen LogP contribution in [0.1, 0.15) is 0 Å². The second kappa shape index (κ2) is 7.36. The van der Waals surface area contributed by atoms with Gasteiger partial charge in [0, 0.05) is 14.2 Å². The van der Waals surface area contributed by atoms with Crippen molar-refractivity contribution in [2.24, 2.45) is 0 Å². The fourth-order valence-electron chi connectivity index (χ4n) is 1.19. The van der Waals surface area contributed by atoms with Crippen LogP contribution in [0.2, 0.25) is 0 Å². The minimum Gasteiger partial charge on any atom is -0.375 e. The second-order valence-corrected chi connectivity index (χ2v) is 3.37. The lowest BCUT2D eigenvalue weighted by atomic mass is 10.4. The van der Waals surface area contributed by atoms with Crippen molar-refractivity contribution in [1.82, 2.24) is 4.98 Å². The lowest BCUT2D eigenvalue weighted by Gasteiger charge is -2.07. The molecule has 0 unspecified atom stereocenters. The lowest BCUT2D eigenvalue weighted by molar-refractivity contribution is -0.120. The van der Waals surface area contributed by atoms with Crippen molar-refractivity contribution in [2.45, 2.75) is 0 Å². The van der Waals surface area contributed by atoms with Crippen LogP contribution in [-0.4, -0.2) is 44.2 Å². The number of carbonyl (C=O) groups excluding carboxylic acids is 2. The van der Waals surface area contributed by atoms with Gasteiger partial charge in [-0.1, -0.05) is 6.07 Å². The first-order valence-corrected chi connectivity index (χ1v) is 5.20. The van der Waals surface area contributed by atoms with E-state index in [1.807, 2.05) is 0 Å². The zero-order valence-corrected chi connectivity index (χ0v) is 10.2. The third-order valence-corrected chi connectivity index (χ3v) is 1.83. The smallest absolute Gasteiger partial charge is 0.251 e. The summed E-state index contributed by atoms with van der Waals surface area (Å²) in [4.78, 5) is 26.6. The summed E-state index contributed by atoms with van der Waals surface area (Å²) in [6.45, 7) is -0.107. The molecule has 0 saturated heterocycles. The number of nitrogens with one attached hydrogen (secondary N) is 2. The second-order valence-electron chi connectivity index (χ2n) is 3.37. The standard InChI is InChI=1S/C11H15N3O4/c1-17-6-10(15)13-8-4-3-5-9(12-8)14-11(16)7-18-2/h3-5H,6-7H2,1-2H3,(H2,12,13,14,15,16). The Kier molecular flexibility index (Phi) is 5.75. The van der Waals surface area contributed by atoms with Crippen LogP contribution in [0.5, 0.6) is 0 Å². The summed E-state index contributed by atoms with van der Waals surface area (Å²) in [6, 6.07) is 4.89. The summed E-state index contributed by atoms with van der Waals surface area (Å²) >= 11 is 0. The molecule has 7 nitrogen and oxygen atoms in total. The highest BCUT2D eigenvalue weighted by Gasteiger charge is 2.05. The predicted octanol–water partition coefficient (Wildman–Crippen LogP) is 0.251. The normalized spacial score (nSPS) is 9.89.